The number of unbranched alkanes of at least 4 members (excludes halogenated alkanes) is 14. The van der Waals surface area contributed by atoms with E-state index in [-0.39, 0.29) is 33.7 Å². The minimum atomic E-state index is -0.903. The Morgan fingerprint density at radius 1 is 0.619 bits per heavy atom. The van der Waals surface area contributed by atoms with Gasteiger partial charge < -0.3 is 9.90 Å². The van der Waals surface area contributed by atoms with Crippen molar-refractivity contribution in [3.8, 4) is 0 Å². The van der Waals surface area contributed by atoms with Gasteiger partial charge in [-0.2, -0.15) is 0 Å². The molecule has 0 aromatic carbocycles. The van der Waals surface area contributed by atoms with Crippen LogP contribution >= 0.6 is 0 Å². The van der Waals surface area contributed by atoms with Gasteiger partial charge in [0, 0.05) is 5.97 Å². The topological polar surface area (TPSA) is 40.1 Å². The Bertz CT molecular complexity index is 207. The summed E-state index contributed by atoms with van der Waals surface area (Å²) >= 11 is 0. The van der Waals surface area contributed by atoms with Crippen molar-refractivity contribution < 1.29 is 37.2 Å². The zero-order chi connectivity index (χ0) is 14.9. The van der Waals surface area contributed by atoms with Crippen molar-refractivity contribution in [1.29, 1.82) is 0 Å². The minimum absolute atomic E-state index is 0. The van der Waals surface area contributed by atoms with E-state index in [9.17, 15) is 9.90 Å². The predicted octanol–water partition coefficient (Wildman–Crippen LogP) is 5.00. The third kappa shape index (κ3) is 22.8. The van der Waals surface area contributed by atoms with Crippen LogP contribution in [0, 0.1) is 0 Å². The van der Waals surface area contributed by atoms with E-state index < -0.39 is 5.97 Å². The van der Waals surface area contributed by atoms with Crippen LogP contribution in [0.3, 0.4) is 0 Å². The van der Waals surface area contributed by atoms with Crippen molar-refractivity contribution in [3.05, 3.63) is 0 Å². The molecule has 0 amide bonds. The fraction of sp³-hybridized carbons (Fsp3) is 0.944. The molecule has 0 saturated carbocycles. The first kappa shape index (κ1) is 23.7. The molecule has 2 nitrogen and oxygen atoms in total. The molecule has 0 aromatic rings. The maximum absolute atomic E-state index is 10.2. The van der Waals surface area contributed by atoms with Gasteiger partial charge in [-0.05, 0) is 12.8 Å². The first-order valence-corrected chi connectivity index (χ1v) is 8.97. The molecular formula is C18H35CdO2+. The third-order valence-corrected chi connectivity index (χ3v) is 3.98. The van der Waals surface area contributed by atoms with Crippen LogP contribution in [0.1, 0.15) is 110 Å². The monoisotopic (exact) mass is 397 g/mol. The number of aliphatic carboxylic acids is 1. The van der Waals surface area contributed by atoms with Gasteiger partial charge in [0.2, 0.25) is 0 Å². The molecule has 0 N–H and O–H groups in total. The molecule has 0 atom stereocenters. The Morgan fingerprint density at radius 3 is 1.19 bits per heavy atom. The standard InChI is InChI=1S/C18H36O2.Cd/c1-2-3-4-5-6-7-8-9-10-11-12-13-14-15-16-17-18(19)20;/h2-17H2,1H3,(H,19,20);/q;+2/p-1. The molecular weight excluding hydrogens is 361 g/mol. The number of rotatable bonds is 16. The van der Waals surface area contributed by atoms with Crippen molar-refractivity contribution in [2.24, 2.45) is 0 Å². The van der Waals surface area contributed by atoms with Crippen LogP contribution in [0.5, 0.6) is 0 Å². The summed E-state index contributed by atoms with van der Waals surface area (Å²) in [5.74, 6) is -0.903. The van der Waals surface area contributed by atoms with Crippen LogP contribution in [0.15, 0.2) is 0 Å². The number of carbonyl (C=O) groups excluding carboxylic acids is 1. The molecule has 0 saturated heterocycles. The summed E-state index contributed by atoms with van der Waals surface area (Å²) in [5.41, 5.74) is 0. The SMILES string of the molecule is CCCCCCCCCCCCCCCCCC(=O)[O-].[Cd+2]. The Balaban J connectivity index is 0. The molecule has 3 heteroatoms. The summed E-state index contributed by atoms with van der Waals surface area (Å²) in [6.45, 7) is 2.27. The maximum Gasteiger partial charge on any atom is 2.00 e. The van der Waals surface area contributed by atoms with Crippen LogP contribution in [-0.2, 0) is 32.1 Å². The van der Waals surface area contributed by atoms with Crippen molar-refractivity contribution in [2.75, 3.05) is 0 Å². The molecule has 0 unspecified atom stereocenters. The van der Waals surface area contributed by atoms with Crippen LogP contribution in [-0.4, -0.2) is 5.97 Å². The van der Waals surface area contributed by atoms with Gasteiger partial charge in [0.05, 0.1) is 0 Å². The van der Waals surface area contributed by atoms with Crippen LogP contribution in [0.2, 0.25) is 0 Å². The quantitative estimate of drug-likeness (QED) is 0.272. The zero-order valence-electron chi connectivity index (χ0n) is 14.3. The Labute approximate surface area is 152 Å². The second kappa shape index (κ2) is 20.4. The normalized spacial score (nSPS) is 10.3. The predicted molar refractivity (Wildman–Crippen MR) is 84.6 cm³/mol. The molecule has 0 radical (unpaired) electrons. The summed E-state index contributed by atoms with van der Waals surface area (Å²) in [7, 11) is 0. The van der Waals surface area contributed by atoms with Gasteiger partial charge in [0.25, 0.3) is 0 Å². The van der Waals surface area contributed by atoms with Gasteiger partial charge >= 0.3 is 27.3 Å². The van der Waals surface area contributed by atoms with Crippen LogP contribution in [0.25, 0.3) is 0 Å². The number of carbonyl (C=O) groups is 1. The second-order valence-corrected chi connectivity index (χ2v) is 6.07. The molecule has 0 bridgehead atoms. The summed E-state index contributed by atoms with van der Waals surface area (Å²) in [5, 5.41) is 10.2. The average molecular weight is 396 g/mol. The Hall–Kier alpha value is 0.392. The van der Waals surface area contributed by atoms with E-state index in [1.807, 2.05) is 0 Å². The molecule has 0 aliphatic rings. The first-order valence-electron chi connectivity index (χ1n) is 8.97. The number of carboxylic acid groups (broad SMARTS) is 1. The molecule has 0 rings (SSSR count). The Kier molecular flexibility index (Phi) is 23.0. The molecule has 21 heavy (non-hydrogen) atoms. The van der Waals surface area contributed by atoms with E-state index in [0.717, 1.165) is 12.8 Å². The van der Waals surface area contributed by atoms with E-state index in [4.69, 9.17) is 0 Å². The van der Waals surface area contributed by atoms with Crippen LogP contribution in [0.4, 0.5) is 0 Å². The largest absolute Gasteiger partial charge is 2.00 e. The first-order chi connectivity index (χ1) is 9.77. The smallest absolute Gasteiger partial charge is 0.550 e. The summed E-state index contributed by atoms with van der Waals surface area (Å²) in [6.07, 6.45) is 19.9. The summed E-state index contributed by atoms with van der Waals surface area (Å²) in [4.78, 5) is 10.2. The van der Waals surface area contributed by atoms with Crippen LogP contribution < -0.4 is 5.11 Å². The van der Waals surface area contributed by atoms with Crippen molar-refractivity contribution >= 4 is 5.97 Å². The average Bonchev–Trinajstić information content (AvgIpc) is 2.43. The van der Waals surface area contributed by atoms with E-state index >= 15 is 0 Å². The van der Waals surface area contributed by atoms with Crippen molar-refractivity contribution in [3.63, 3.8) is 0 Å². The van der Waals surface area contributed by atoms with Gasteiger partial charge in [-0.25, -0.2) is 0 Å². The molecule has 0 aliphatic heterocycles. The third-order valence-electron chi connectivity index (χ3n) is 3.98. The molecule has 0 heterocycles. The molecule has 0 aromatic heterocycles. The Morgan fingerprint density at radius 2 is 0.905 bits per heavy atom. The number of hydrogen-bond donors (Lipinski definition) is 0. The fourth-order valence-electron chi connectivity index (χ4n) is 2.64. The molecule has 120 valence electrons. The fourth-order valence-corrected chi connectivity index (χ4v) is 2.64. The van der Waals surface area contributed by atoms with Gasteiger partial charge in [-0.1, -0.05) is 96.8 Å². The van der Waals surface area contributed by atoms with Gasteiger partial charge in [0.1, 0.15) is 0 Å². The maximum atomic E-state index is 10.2. The van der Waals surface area contributed by atoms with E-state index in [0.29, 0.717) is 0 Å². The number of carboxylic acids is 1. The van der Waals surface area contributed by atoms with Crippen molar-refractivity contribution in [2.45, 2.75) is 110 Å². The number of hydrogen-bond acceptors (Lipinski definition) is 2. The minimum Gasteiger partial charge on any atom is -0.550 e. The van der Waals surface area contributed by atoms with E-state index in [2.05, 4.69) is 6.92 Å². The second-order valence-electron chi connectivity index (χ2n) is 6.07. The zero-order valence-corrected chi connectivity index (χ0v) is 18.4. The molecule has 0 aliphatic carbocycles. The van der Waals surface area contributed by atoms with E-state index in [1.54, 1.807) is 0 Å². The molecule has 0 spiro atoms. The summed E-state index contributed by atoms with van der Waals surface area (Å²) < 4.78 is 0. The summed E-state index contributed by atoms with van der Waals surface area (Å²) in [6, 6.07) is 0. The van der Waals surface area contributed by atoms with Crippen molar-refractivity contribution in [1.82, 2.24) is 0 Å². The van der Waals surface area contributed by atoms with E-state index in [1.165, 1.54) is 83.5 Å². The van der Waals surface area contributed by atoms with Gasteiger partial charge in [-0.15, -0.1) is 0 Å². The molecule has 0 fully saturated rings. The van der Waals surface area contributed by atoms with Gasteiger partial charge in [-0.3, -0.25) is 0 Å². The van der Waals surface area contributed by atoms with Gasteiger partial charge in [0.15, 0.2) is 0 Å².